The fourth-order valence-electron chi connectivity index (χ4n) is 3.80. The molecule has 0 bridgehead atoms. The van der Waals surface area contributed by atoms with Gasteiger partial charge in [0.15, 0.2) is 11.5 Å². The van der Waals surface area contributed by atoms with E-state index in [0.717, 1.165) is 5.70 Å². The van der Waals surface area contributed by atoms with Crippen LogP contribution in [0.25, 0.3) is 0 Å². The Hall–Kier alpha value is -2.16. The normalized spacial score (nSPS) is 21.5. The number of Topliss-reactive ketones (excluding diaryl/α,β-unsaturated/α-hetero) is 1. The second-order valence-electron chi connectivity index (χ2n) is 7.58. The number of ketones is 1. The smallest absolute Gasteiger partial charge is 0.162 e. The Bertz CT molecular complexity index is 903. The van der Waals surface area contributed by atoms with Crippen molar-refractivity contribution in [3.63, 3.8) is 0 Å². The largest absolute Gasteiger partial charge is 0.491 e. The Labute approximate surface area is 168 Å². The number of hydrogen-bond acceptors (Lipinski definition) is 5. The number of nitrogens with one attached hydrogen (secondary N) is 1. The molecule has 1 atom stereocenters. The molecule has 142 valence electrons. The molecule has 0 radical (unpaired) electrons. The zero-order valence-corrected chi connectivity index (χ0v) is 17.0. The molecule has 0 amide bonds. The summed E-state index contributed by atoms with van der Waals surface area (Å²) >= 11 is 12.7. The molecule has 3 rings (SSSR count). The molecule has 0 saturated carbocycles. The summed E-state index contributed by atoms with van der Waals surface area (Å²) in [4.78, 5) is 13.0. The summed E-state index contributed by atoms with van der Waals surface area (Å²) in [6.45, 7) is 6.33. The van der Waals surface area contributed by atoms with Gasteiger partial charge < -0.3 is 15.8 Å². The van der Waals surface area contributed by atoms with Crippen molar-refractivity contribution in [1.29, 1.82) is 5.26 Å². The number of dihydropyridines is 1. The van der Waals surface area contributed by atoms with Crippen LogP contribution in [0.15, 0.2) is 34.8 Å². The monoisotopic (exact) mass is 405 g/mol. The summed E-state index contributed by atoms with van der Waals surface area (Å²) in [7, 11) is 0. The van der Waals surface area contributed by atoms with Gasteiger partial charge in [0.25, 0.3) is 0 Å². The van der Waals surface area contributed by atoms with Crippen LogP contribution in [-0.2, 0) is 4.79 Å². The Balaban J connectivity index is 2.19. The van der Waals surface area contributed by atoms with Crippen molar-refractivity contribution in [1.82, 2.24) is 5.32 Å². The molecule has 1 aliphatic carbocycles. The number of hydrogen-bond donors (Lipinski definition) is 2. The summed E-state index contributed by atoms with van der Waals surface area (Å²) in [6.07, 6.45) is 1.07. The Morgan fingerprint density at radius 1 is 1.33 bits per heavy atom. The number of rotatable bonds is 3. The lowest BCUT2D eigenvalue weighted by atomic mass is 9.69. The predicted molar refractivity (Wildman–Crippen MR) is 105 cm³/mol. The van der Waals surface area contributed by atoms with E-state index >= 15 is 0 Å². The summed E-state index contributed by atoms with van der Waals surface area (Å²) in [5.74, 6) is 0.0489. The standard InChI is InChI=1S/C20H21Cl2N3O2/c1-4-27-18-12(21)5-10(6-13(18)22)16-11(9-23)19(24)25-14-7-20(2,3)8-15(26)17(14)16/h5-6,16,25H,4,7-8,24H2,1-3H3/t16-/m0/s1. The van der Waals surface area contributed by atoms with Crippen LogP contribution in [0.3, 0.4) is 0 Å². The van der Waals surface area contributed by atoms with Gasteiger partial charge in [0.05, 0.1) is 34.2 Å². The molecule has 7 heteroatoms. The van der Waals surface area contributed by atoms with Gasteiger partial charge in [-0.05, 0) is 36.5 Å². The Morgan fingerprint density at radius 2 is 1.96 bits per heavy atom. The molecule has 1 aromatic carbocycles. The number of halogens is 2. The topological polar surface area (TPSA) is 88.1 Å². The first kappa shape index (κ1) is 19.6. The van der Waals surface area contributed by atoms with E-state index in [1.165, 1.54) is 0 Å². The average molecular weight is 406 g/mol. The molecule has 2 aliphatic rings. The number of carbonyl (C=O) groups is 1. The van der Waals surface area contributed by atoms with E-state index in [-0.39, 0.29) is 22.6 Å². The van der Waals surface area contributed by atoms with E-state index in [2.05, 4.69) is 11.4 Å². The van der Waals surface area contributed by atoms with E-state index in [0.29, 0.717) is 46.4 Å². The second-order valence-corrected chi connectivity index (χ2v) is 8.39. The Kier molecular flexibility index (Phi) is 5.16. The van der Waals surface area contributed by atoms with Crippen molar-refractivity contribution in [2.75, 3.05) is 6.61 Å². The third kappa shape index (κ3) is 3.52. The summed E-state index contributed by atoms with van der Waals surface area (Å²) < 4.78 is 5.48. The van der Waals surface area contributed by atoms with E-state index < -0.39 is 5.92 Å². The zero-order chi connectivity index (χ0) is 19.9. The van der Waals surface area contributed by atoms with Gasteiger partial charge in [-0.15, -0.1) is 0 Å². The number of nitrogens with two attached hydrogens (primary N) is 1. The lowest BCUT2D eigenvalue weighted by Gasteiger charge is -2.38. The third-order valence-corrected chi connectivity index (χ3v) is 5.40. The maximum Gasteiger partial charge on any atom is 0.162 e. The SMILES string of the molecule is CCOc1c(Cl)cc([C@H]2C(C#N)=C(N)NC3=C2C(=O)CC(C)(C)C3)cc1Cl. The van der Waals surface area contributed by atoms with Gasteiger partial charge in [0, 0.05) is 17.7 Å². The van der Waals surface area contributed by atoms with E-state index in [1.807, 2.05) is 20.8 Å². The zero-order valence-electron chi connectivity index (χ0n) is 15.5. The van der Waals surface area contributed by atoms with Crippen molar-refractivity contribution in [3.8, 4) is 11.8 Å². The lowest BCUT2D eigenvalue weighted by molar-refractivity contribution is -0.118. The molecule has 5 nitrogen and oxygen atoms in total. The van der Waals surface area contributed by atoms with Crippen molar-refractivity contribution < 1.29 is 9.53 Å². The number of nitriles is 1. The number of benzene rings is 1. The van der Waals surface area contributed by atoms with Crippen molar-refractivity contribution in [2.24, 2.45) is 11.1 Å². The number of nitrogens with zero attached hydrogens (tertiary/aromatic N) is 1. The Morgan fingerprint density at radius 3 is 2.52 bits per heavy atom. The lowest BCUT2D eigenvalue weighted by Crippen LogP contribution is -2.39. The molecule has 0 fully saturated rings. The maximum atomic E-state index is 13.0. The van der Waals surface area contributed by atoms with Crippen LogP contribution in [0.1, 0.15) is 45.1 Å². The van der Waals surface area contributed by atoms with Crippen LogP contribution < -0.4 is 15.8 Å². The summed E-state index contributed by atoms with van der Waals surface area (Å²) in [5.41, 5.74) is 8.21. The van der Waals surface area contributed by atoms with Crippen LogP contribution in [0.2, 0.25) is 10.0 Å². The molecule has 0 unspecified atom stereocenters. The molecule has 0 saturated heterocycles. The molecule has 1 aromatic rings. The van der Waals surface area contributed by atoms with Gasteiger partial charge in [-0.1, -0.05) is 37.0 Å². The van der Waals surface area contributed by atoms with Crippen LogP contribution in [0.4, 0.5) is 0 Å². The minimum Gasteiger partial charge on any atom is -0.491 e. The molecule has 1 aliphatic heterocycles. The van der Waals surface area contributed by atoms with Gasteiger partial charge in [0.2, 0.25) is 0 Å². The highest BCUT2D eigenvalue weighted by Crippen LogP contribution is 2.47. The fraction of sp³-hybridized carbons (Fsp3) is 0.400. The first-order chi connectivity index (χ1) is 12.7. The van der Waals surface area contributed by atoms with Crippen LogP contribution in [0, 0.1) is 16.7 Å². The van der Waals surface area contributed by atoms with Gasteiger partial charge >= 0.3 is 0 Å². The number of carbonyl (C=O) groups excluding carboxylic acids is 1. The highest BCUT2D eigenvalue weighted by Gasteiger charge is 2.41. The second kappa shape index (κ2) is 7.10. The van der Waals surface area contributed by atoms with Crippen molar-refractivity contribution in [3.05, 3.63) is 50.4 Å². The summed E-state index contributed by atoms with van der Waals surface area (Å²) in [5, 5.41) is 13.4. The van der Waals surface area contributed by atoms with Crippen LogP contribution in [0.5, 0.6) is 5.75 Å². The highest BCUT2D eigenvalue weighted by molar-refractivity contribution is 6.37. The van der Waals surface area contributed by atoms with E-state index in [9.17, 15) is 10.1 Å². The van der Waals surface area contributed by atoms with Crippen LogP contribution >= 0.6 is 23.2 Å². The molecule has 3 N–H and O–H groups in total. The average Bonchev–Trinajstić information content (AvgIpc) is 2.55. The van der Waals surface area contributed by atoms with E-state index in [4.69, 9.17) is 33.7 Å². The molecule has 1 heterocycles. The van der Waals surface area contributed by atoms with Crippen molar-refractivity contribution in [2.45, 2.75) is 39.5 Å². The van der Waals surface area contributed by atoms with Gasteiger partial charge in [-0.25, -0.2) is 0 Å². The van der Waals surface area contributed by atoms with Crippen LogP contribution in [-0.4, -0.2) is 12.4 Å². The van der Waals surface area contributed by atoms with Gasteiger partial charge in [-0.3, -0.25) is 4.79 Å². The molecule has 27 heavy (non-hydrogen) atoms. The maximum absolute atomic E-state index is 13.0. The van der Waals surface area contributed by atoms with Gasteiger partial charge in [0.1, 0.15) is 5.82 Å². The predicted octanol–water partition coefficient (Wildman–Crippen LogP) is 4.42. The first-order valence-electron chi connectivity index (χ1n) is 8.73. The third-order valence-electron chi connectivity index (χ3n) is 4.84. The fourth-order valence-corrected chi connectivity index (χ4v) is 4.41. The molecule has 0 aromatic heterocycles. The highest BCUT2D eigenvalue weighted by atomic mass is 35.5. The summed E-state index contributed by atoms with van der Waals surface area (Å²) in [6, 6.07) is 5.53. The number of ether oxygens (including phenoxy) is 1. The molecule has 0 spiro atoms. The van der Waals surface area contributed by atoms with Gasteiger partial charge in [-0.2, -0.15) is 5.26 Å². The first-order valence-corrected chi connectivity index (χ1v) is 9.49. The minimum atomic E-state index is -0.597. The minimum absolute atomic E-state index is 0.000120. The van der Waals surface area contributed by atoms with E-state index in [1.54, 1.807) is 12.1 Å². The van der Waals surface area contributed by atoms with Crippen molar-refractivity contribution >= 4 is 29.0 Å². The molecular formula is C20H21Cl2N3O2. The quantitative estimate of drug-likeness (QED) is 0.776. The number of allylic oxidation sites excluding steroid dienone is 3. The molecular weight excluding hydrogens is 385 g/mol.